The molecule has 0 saturated carbocycles. The van der Waals surface area contributed by atoms with Gasteiger partial charge in [0.05, 0.1) is 6.61 Å². The van der Waals surface area contributed by atoms with Crippen LogP contribution in [0, 0.1) is 5.41 Å². The zero-order valence-corrected chi connectivity index (χ0v) is 12.1. The second-order valence-corrected chi connectivity index (χ2v) is 5.48. The third-order valence-corrected chi connectivity index (χ3v) is 3.05. The average molecular weight is 267 g/mol. The van der Waals surface area contributed by atoms with Crippen LogP contribution in [0.3, 0.4) is 0 Å². The predicted molar refractivity (Wildman–Crippen MR) is 76.5 cm³/mol. The molecule has 1 rings (SSSR count). The number of benzene rings is 1. The summed E-state index contributed by atoms with van der Waals surface area (Å²) in [6.45, 7) is 8.43. The molecule has 4 heteroatoms. The van der Waals surface area contributed by atoms with Crippen LogP contribution >= 0.6 is 0 Å². The van der Waals surface area contributed by atoms with E-state index in [0.29, 0.717) is 12.4 Å². The molecule has 0 spiro atoms. The van der Waals surface area contributed by atoms with Gasteiger partial charge in [0, 0.05) is 19.7 Å². The Kier molecular flexibility index (Phi) is 6.12. The summed E-state index contributed by atoms with van der Waals surface area (Å²) in [5.74, 6) is 0.697. The van der Waals surface area contributed by atoms with Gasteiger partial charge < -0.3 is 20.3 Å². The van der Waals surface area contributed by atoms with Crippen LogP contribution in [0.4, 0.5) is 0 Å². The fourth-order valence-electron chi connectivity index (χ4n) is 1.88. The fourth-order valence-corrected chi connectivity index (χ4v) is 1.88. The molecule has 19 heavy (non-hydrogen) atoms. The van der Waals surface area contributed by atoms with Crippen molar-refractivity contribution in [1.29, 1.82) is 0 Å². The SMILES string of the molecule is CCOc1cc(CNCC(C)(C)CCO)ccc1O. The number of phenolic OH excluding ortho intramolecular Hbond substituents is 1. The average Bonchev–Trinajstić information content (AvgIpc) is 2.33. The summed E-state index contributed by atoms with van der Waals surface area (Å²) < 4.78 is 5.35. The monoisotopic (exact) mass is 267 g/mol. The van der Waals surface area contributed by atoms with Crippen LogP contribution in [0.15, 0.2) is 18.2 Å². The summed E-state index contributed by atoms with van der Waals surface area (Å²) in [4.78, 5) is 0. The molecule has 0 atom stereocenters. The summed E-state index contributed by atoms with van der Waals surface area (Å²) in [6, 6.07) is 5.38. The van der Waals surface area contributed by atoms with Crippen molar-refractivity contribution >= 4 is 0 Å². The minimum atomic E-state index is 0.0778. The van der Waals surface area contributed by atoms with E-state index in [1.807, 2.05) is 19.1 Å². The van der Waals surface area contributed by atoms with E-state index < -0.39 is 0 Å². The van der Waals surface area contributed by atoms with E-state index in [0.717, 1.165) is 25.1 Å². The van der Waals surface area contributed by atoms with Crippen LogP contribution in [-0.4, -0.2) is 30.0 Å². The van der Waals surface area contributed by atoms with E-state index in [1.165, 1.54) is 0 Å². The third kappa shape index (κ3) is 5.49. The van der Waals surface area contributed by atoms with Crippen molar-refractivity contribution in [3.8, 4) is 11.5 Å². The van der Waals surface area contributed by atoms with Crippen LogP contribution < -0.4 is 10.1 Å². The van der Waals surface area contributed by atoms with E-state index in [1.54, 1.807) is 6.07 Å². The maximum atomic E-state index is 9.62. The van der Waals surface area contributed by atoms with E-state index in [4.69, 9.17) is 9.84 Å². The first-order chi connectivity index (χ1) is 8.98. The quantitative estimate of drug-likeness (QED) is 0.676. The topological polar surface area (TPSA) is 61.7 Å². The van der Waals surface area contributed by atoms with Crippen LogP contribution in [0.2, 0.25) is 0 Å². The molecule has 4 nitrogen and oxygen atoms in total. The Bertz CT molecular complexity index is 391. The number of nitrogens with one attached hydrogen (secondary N) is 1. The number of hydrogen-bond acceptors (Lipinski definition) is 4. The van der Waals surface area contributed by atoms with E-state index in [9.17, 15) is 5.11 Å². The zero-order valence-electron chi connectivity index (χ0n) is 12.1. The Morgan fingerprint density at radius 1 is 1.32 bits per heavy atom. The number of ether oxygens (including phenoxy) is 1. The van der Waals surface area contributed by atoms with Crippen molar-refractivity contribution in [3.63, 3.8) is 0 Å². The van der Waals surface area contributed by atoms with Crippen molar-refractivity contribution in [3.05, 3.63) is 23.8 Å². The summed E-state index contributed by atoms with van der Waals surface area (Å²) in [5, 5.41) is 22.0. The van der Waals surface area contributed by atoms with Crippen LogP contribution in [-0.2, 0) is 6.54 Å². The van der Waals surface area contributed by atoms with Crippen molar-refractivity contribution in [1.82, 2.24) is 5.32 Å². The Balaban J connectivity index is 2.51. The van der Waals surface area contributed by atoms with E-state index >= 15 is 0 Å². The highest BCUT2D eigenvalue weighted by Gasteiger charge is 2.16. The van der Waals surface area contributed by atoms with Crippen molar-refractivity contribution in [2.45, 2.75) is 33.7 Å². The van der Waals surface area contributed by atoms with Gasteiger partial charge in [-0.1, -0.05) is 19.9 Å². The first-order valence-electron chi connectivity index (χ1n) is 6.75. The van der Waals surface area contributed by atoms with Gasteiger partial charge in [-0.2, -0.15) is 0 Å². The number of aliphatic hydroxyl groups excluding tert-OH is 1. The molecule has 0 aliphatic heterocycles. The predicted octanol–water partition coefficient (Wildman–Crippen LogP) is 2.29. The fraction of sp³-hybridized carbons (Fsp3) is 0.600. The van der Waals surface area contributed by atoms with Gasteiger partial charge in [0.15, 0.2) is 11.5 Å². The molecule has 0 heterocycles. The molecular weight excluding hydrogens is 242 g/mol. The Morgan fingerprint density at radius 2 is 2.05 bits per heavy atom. The van der Waals surface area contributed by atoms with Crippen molar-refractivity contribution in [2.75, 3.05) is 19.8 Å². The minimum Gasteiger partial charge on any atom is -0.504 e. The van der Waals surface area contributed by atoms with Gasteiger partial charge >= 0.3 is 0 Å². The summed E-state index contributed by atoms with van der Waals surface area (Å²) in [5.41, 5.74) is 1.15. The molecule has 0 bridgehead atoms. The first kappa shape index (κ1) is 15.8. The lowest BCUT2D eigenvalue weighted by atomic mass is 9.90. The molecule has 1 aromatic rings. The number of phenols is 1. The highest BCUT2D eigenvalue weighted by Crippen LogP contribution is 2.27. The minimum absolute atomic E-state index is 0.0778. The normalized spacial score (nSPS) is 11.6. The summed E-state index contributed by atoms with van der Waals surface area (Å²) >= 11 is 0. The summed E-state index contributed by atoms with van der Waals surface area (Å²) in [7, 11) is 0. The number of aliphatic hydroxyl groups is 1. The lowest BCUT2D eigenvalue weighted by Crippen LogP contribution is -2.29. The van der Waals surface area contributed by atoms with E-state index in [-0.39, 0.29) is 17.8 Å². The molecule has 0 aliphatic carbocycles. The maximum Gasteiger partial charge on any atom is 0.161 e. The van der Waals surface area contributed by atoms with Gasteiger partial charge in [-0.05, 0) is 36.5 Å². The summed E-state index contributed by atoms with van der Waals surface area (Å²) in [6.07, 6.45) is 0.778. The number of aromatic hydroxyl groups is 1. The second kappa shape index (κ2) is 7.36. The molecule has 108 valence electrons. The largest absolute Gasteiger partial charge is 0.504 e. The molecule has 0 unspecified atom stereocenters. The molecule has 0 saturated heterocycles. The smallest absolute Gasteiger partial charge is 0.161 e. The zero-order chi connectivity index (χ0) is 14.3. The van der Waals surface area contributed by atoms with Gasteiger partial charge in [-0.3, -0.25) is 0 Å². The van der Waals surface area contributed by atoms with Crippen LogP contribution in [0.1, 0.15) is 32.8 Å². The Morgan fingerprint density at radius 3 is 2.68 bits per heavy atom. The molecule has 0 aromatic heterocycles. The standard InChI is InChI=1S/C15H25NO3/c1-4-19-14-9-12(5-6-13(14)18)10-16-11-15(2,3)7-8-17/h5-6,9,16-18H,4,7-8,10-11H2,1-3H3. The van der Waals surface area contributed by atoms with Gasteiger partial charge in [-0.25, -0.2) is 0 Å². The Labute approximate surface area is 115 Å². The lowest BCUT2D eigenvalue weighted by molar-refractivity contribution is 0.207. The molecule has 0 fully saturated rings. The van der Waals surface area contributed by atoms with Crippen LogP contribution in [0.25, 0.3) is 0 Å². The first-order valence-corrected chi connectivity index (χ1v) is 6.75. The highest BCUT2D eigenvalue weighted by atomic mass is 16.5. The van der Waals surface area contributed by atoms with Crippen molar-refractivity contribution < 1.29 is 14.9 Å². The molecule has 0 radical (unpaired) electrons. The molecule has 0 amide bonds. The number of rotatable bonds is 8. The Hall–Kier alpha value is -1.26. The molecule has 0 aliphatic rings. The number of hydrogen-bond donors (Lipinski definition) is 3. The molecule has 3 N–H and O–H groups in total. The highest BCUT2D eigenvalue weighted by molar-refractivity contribution is 5.41. The molecule has 1 aromatic carbocycles. The van der Waals surface area contributed by atoms with E-state index in [2.05, 4.69) is 19.2 Å². The maximum absolute atomic E-state index is 9.62. The van der Waals surface area contributed by atoms with Gasteiger partial charge in [0.25, 0.3) is 0 Å². The van der Waals surface area contributed by atoms with Gasteiger partial charge in [-0.15, -0.1) is 0 Å². The van der Waals surface area contributed by atoms with Gasteiger partial charge in [0.2, 0.25) is 0 Å². The van der Waals surface area contributed by atoms with Gasteiger partial charge in [0.1, 0.15) is 0 Å². The lowest BCUT2D eigenvalue weighted by Gasteiger charge is -2.24. The third-order valence-electron chi connectivity index (χ3n) is 3.05. The van der Waals surface area contributed by atoms with Crippen molar-refractivity contribution in [2.24, 2.45) is 5.41 Å². The second-order valence-electron chi connectivity index (χ2n) is 5.48. The molecular formula is C15H25NO3. The van der Waals surface area contributed by atoms with Crippen LogP contribution in [0.5, 0.6) is 11.5 Å².